The van der Waals surface area contributed by atoms with Gasteiger partial charge in [-0.05, 0) is 36.1 Å². The molecule has 0 aromatic heterocycles. The number of rotatable bonds is 14. The van der Waals surface area contributed by atoms with Gasteiger partial charge in [-0.1, -0.05) is 42.5 Å². The lowest BCUT2D eigenvalue weighted by molar-refractivity contribution is -0.251. The molecule has 1 amide bonds. The van der Waals surface area contributed by atoms with E-state index in [0.29, 0.717) is 33.9 Å². The largest absolute Gasteiger partial charge is 0.496 e. The number of cyclic esters (lactones) is 2. The van der Waals surface area contributed by atoms with Gasteiger partial charge < -0.3 is 28.4 Å². The molecule has 0 N–H and O–H groups in total. The zero-order valence-electron chi connectivity index (χ0n) is 27.3. The summed E-state index contributed by atoms with van der Waals surface area (Å²) in [6, 6.07) is 18.9. The third-order valence-corrected chi connectivity index (χ3v) is 7.73. The molecule has 1 aliphatic heterocycles. The van der Waals surface area contributed by atoms with Gasteiger partial charge in [0, 0.05) is 32.4 Å². The second-order valence-corrected chi connectivity index (χ2v) is 11.3. The Labute approximate surface area is 273 Å². The van der Waals surface area contributed by atoms with E-state index in [9.17, 15) is 19.2 Å². The van der Waals surface area contributed by atoms with Crippen molar-refractivity contribution < 1.29 is 52.4 Å². The van der Waals surface area contributed by atoms with Crippen LogP contribution in [-0.4, -0.2) is 63.1 Å². The Morgan fingerprint density at radius 2 is 1.38 bits per heavy atom. The van der Waals surface area contributed by atoms with E-state index in [1.165, 1.54) is 54.4 Å². The summed E-state index contributed by atoms with van der Waals surface area (Å²) in [4.78, 5) is 59.1. The quantitative estimate of drug-likeness (QED) is 0.135. The van der Waals surface area contributed by atoms with Crippen LogP contribution in [0.4, 0.5) is 0 Å². The maximum atomic E-state index is 14.0. The number of benzene rings is 3. The van der Waals surface area contributed by atoms with Crippen LogP contribution in [0.1, 0.15) is 53.7 Å². The highest BCUT2D eigenvalue weighted by molar-refractivity contribution is 6.02. The highest BCUT2D eigenvalue weighted by Gasteiger charge is 2.56. The van der Waals surface area contributed by atoms with E-state index in [2.05, 4.69) is 0 Å². The predicted octanol–water partition coefficient (Wildman–Crippen LogP) is 4.80. The summed E-state index contributed by atoms with van der Waals surface area (Å²) in [7, 11) is 5.75. The predicted molar refractivity (Wildman–Crippen MR) is 167 cm³/mol. The minimum absolute atomic E-state index is 0.0589. The number of hydroxylamine groups is 2. The molecule has 1 fully saturated rings. The van der Waals surface area contributed by atoms with Crippen molar-refractivity contribution in [1.82, 2.24) is 5.06 Å². The fraction of sp³-hybridized carbons (Fsp3) is 0.371. The van der Waals surface area contributed by atoms with Crippen molar-refractivity contribution in [2.75, 3.05) is 28.4 Å². The molecule has 4 rings (SSSR count). The highest BCUT2D eigenvalue weighted by atomic mass is 16.7. The minimum Gasteiger partial charge on any atom is -0.496 e. The topological polar surface area (TPSA) is 136 Å². The summed E-state index contributed by atoms with van der Waals surface area (Å²) >= 11 is 0. The SMILES string of the molecule is COC(=O)c1ccc(CC2(CCC(=O)N(Cc3c(OC)cc(OC)cc3OC)OCc3ccccc3)C(=O)OC(C)(C)OC2=O)cc1. The third-order valence-electron chi connectivity index (χ3n) is 7.73. The van der Waals surface area contributed by atoms with E-state index in [-0.39, 0.29) is 32.4 Å². The Hall–Kier alpha value is -5.10. The number of hydrogen-bond acceptors (Lipinski definition) is 11. The van der Waals surface area contributed by atoms with Crippen LogP contribution in [0.3, 0.4) is 0 Å². The fourth-order valence-corrected chi connectivity index (χ4v) is 5.16. The highest BCUT2D eigenvalue weighted by Crippen LogP contribution is 2.40. The van der Waals surface area contributed by atoms with E-state index >= 15 is 0 Å². The Kier molecular flexibility index (Phi) is 11.1. The molecule has 12 heteroatoms. The Balaban J connectivity index is 1.64. The molecule has 3 aromatic carbocycles. The van der Waals surface area contributed by atoms with E-state index in [1.807, 2.05) is 30.3 Å². The monoisotopic (exact) mass is 649 g/mol. The molecular weight excluding hydrogens is 610 g/mol. The van der Waals surface area contributed by atoms with Crippen molar-refractivity contribution in [3.8, 4) is 17.2 Å². The first-order valence-electron chi connectivity index (χ1n) is 14.9. The van der Waals surface area contributed by atoms with Crippen molar-refractivity contribution in [1.29, 1.82) is 0 Å². The Morgan fingerprint density at radius 1 is 0.787 bits per heavy atom. The zero-order chi connectivity index (χ0) is 34.2. The average molecular weight is 650 g/mol. The van der Waals surface area contributed by atoms with Crippen LogP contribution in [0.15, 0.2) is 66.7 Å². The molecule has 1 saturated heterocycles. The summed E-state index contributed by atoms with van der Waals surface area (Å²) < 4.78 is 32.3. The van der Waals surface area contributed by atoms with Crippen LogP contribution in [0.25, 0.3) is 0 Å². The van der Waals surface area contributed by atoms with E-state index < -0.39 is 35.0 Å². The van der Waals surface area contributed by atoms with Gasteiger partial charge in [-0.25, -0.2) is 9.86 Å². The molecule has 0 atom stereocenters. The van der Waals surface area contributed by atoms with Crippen molar-refractivity contribution in [2.24, 2.45) is 5.41 Å². The summed E-state index contributed by atoms with van der Waals surface area (Å²) in [6.07, 6.45) is -0.679. The second kappa shape index (κ2) is 15.0. The molecule has 0 spiro atoms. The number of ether oxygens (including phenoxy) is 6. The van der Waals surface area contributed by atoms with Crippen LogP contribution in [0, 0.1) is 5.41 Å². The van der Waals surface area contributed by atoms with Crippen molar-refractivity contribution in [2.45, 2.75) is 52.0 Å². The molecule has 12 nitrogen and oxygen atoms in total. The Morgan fingerprint density at radius 3 is 1.91 bits per heavy atom. The smallest absolute Gasteiger partial charge is 0.337 e. The number of carbonyl (C=O) groups excluding carboxylic acids is 4. The third kappa shape index (κ3) is 8.20. The molecule has 1 heterocycles. The number of hydrogen-bond donors (Lipinski definition) is 0. The van der Waals surface area contributed by atoms with Crippen molar-refractivity contribution in [3.63, 3.8) is 0 Å². The first-order chi connectivity index (χ1) is 22.4. The molecule has 3 aromatic rings. The molecular formula is C35H39NO11. The number of amides is 1. The first kappa shape index (κ1) is 34.8. The lowest BCUT2D eigenvalue weighted by Gasteiger charge is -2.40. The molecule has 0 bridgehead atoms. The molecule has 0 aliphatic carbocycles. The van der Waals surface area contributed by atoms with Gasteiger partial charge in [-0.3, -0.25) is 19.2 Å². The van der Waals surface area contributed by atoms with Crippen LogP contribution < -0.4 is 14.2 Å². The molecule has 0 radical (unpaired) electrons. The lowest BCUT2D eigenvalue weighted by Crippen LogP contribution is -2.55. The van der Waals surface area contributed by atoms with Crippen molar-refractivity contribution in [3.05, 3.63) is 89.0 Å². The normalized spacial score (nSPS) is 14.8. The van der Waals surface area contributed by atoms with Crippen LogP contribution in [0.2, 0.25) is 0 Å². The maximum Gasteiger partial charge on any atom is 0.337 e. The molecule has 47 heavy (non-hydrogen) atoms. The maximum absolute atomic E-state index is 14.0. The summed E-state index contributed by atoms with van der Waals surface area (Å²) in [5, 5.41) is 1.15. The van der Waals surface area contributed by atoms with Crippen LogP contribution in [-0.2, 0) is 53.0 Å². The van der Waals surface area contributed by atoms with Gasteiger partial charge in [0.1, 0.15) is 23.9 Å². The van der Waals surface area contributed by atoms with Gasteiger partial charge >= 0.3 is 17.9 Å². The number of esters is 3. The summed E-state index contributed by atoms with van der Waals surface area (Å²) in [5.74, 6) is -2.89. The van der Waals surface area contributed by atoms with E-state index in [1.54, 1.807) is 24.3 Å². The molecule has 0 saturated carbocycles. The van der Waals surface area contributed by atoms with Gasteiger partial charge in [0.2, 0.25) is 5.91 Å². The van der Waals surface area contributed by atoms with Gasteiger partial charge in [0.15, 0.2) is 5.41 Å². The van der Waals surface area contributed by atoms with Gasteiger partial charge in [-0.2, -0.15) is 0 Å². The van der Waals surface area contributed by atoms with Gasteiger partial charge in [0.05, 0.1) is 46.1 Å². The summed E-state index contributed by atoms with van der Waals surface area (Å²) in [5.41, 5.74) is 0.316. The standard InChI is InChI=1S/C35H39NO11/c1-34(2)46-32(39)35(33(40)47-34,20-23-12-14-25(15-13-23)31(38)44-6)17-16-30(37)36(45-22-24-10-8-7-9-11-24)21-27-28(42-4)18-26(41-3)19-29(27)43-5/h7-15,18-19H,16-17,20-22H2,1-6H3. The summed E-state index contributed by atoms with van der Waals surface area (Å²) in [6.45, 7) is 2.88. The van der Waals surface area contributed by atoms with Gasteiger partial charge in [-0.15, -0.1) is 0 Å². The van der Waals surface area contributed by atoms with Gasteiger partial charge in [0.25, 0.3) is 5.79 Å². The Bertz CT molecular complexity index is 1540. The van der Waals surface area contributed by atoms with E-state index in [4.69, 9.17) is 33.3 Å². The number of carbonyl (C=O) groups is 4. The second-order valence-electron chi connectivity index (χ2n) is 11.3. The van der Waals surface area contributed by atoms with Crippen LogP contribution >= 0.6 is 0 Å². The number of nitrogens with zero attached hydrogens (tertiary/aromatic N) is 1. The minimum atomic E-state index is -1.85. The molecule has 250 valence electrons. The molecule has 1 aliphatic rings. The first-order valence-corrected chi connectivity index (χ1v) is 14.9. The molecule has 0 unspecified atom stereocenters. The number of methoxy groups -OCH3 is 4. The van der Waals surface area contributed by atoms with Crippen molar-refractivity contribution >= 4 is 23.8 Å². The average Bonchev–Trinajstić information content (AvgIpc) is 3.07. The fourth-order valence-electron chi connectivity index (χ4n) is 5.16. The van der Waals surface area contributed by atoms with E-state index in [0.717, 1.165) is 10.6 Å². The zero-order valence-corrected chi connectivity index (χ0v) is 27.3. The lowest BCUT2D eigenvalue weighted by atomic mass is 9.76. The van der Waals surface area contributed by atoms with Crippen LogP contribution in [0.5, 0.6) is 17.2 Å².